The van der Waals surface area contributed by atoms with Crippen molar-refractivity contribution in [2.45, 2.75) is 26.3 Å². The summed E-state index contributed by atoms with van der Waals surface area (Å²) in [4.78, 5) is 12.2. The fourth-order valence-electron chi connectivity index (χ4n) is 2.07. The second-order valence-electron chi connectivity index (χ2n) is 4.92. The van der Waals surface area contributed by atoms with E-state index in [4.69, 9.17) is 16.7 Å². The fourth-order valence-corrected chi connectivity index (χ4v) is 2.25. The molecule has 6 heteroatoms. The zero-order chi connectivity index (χ0) is 15.4. The van der Waals surface area contributed by atoms with E-state index in [1.807, 2.05) is 26.0 Å². The molecular formula is C15H18ClN3O2. The molecule has 2 N–H and O–H groups in total. The van der Waals surface area contributed by atoms with Crippen molar-refractivity contribution in [2.75, 3.05) is 6.61 Å². The lowest BCUT2D eigenvalue weighted by molar-refractivity contribution is 0.0934. The molecule has 0 fully saturated rings. The van der Waals surface area contributed by atoms with Gasteiger partial charge in [0, 0.05) is 17.7 Å². The van der Waals surface area contributed by atoms with Crippen LogP contribution in [0.2, 0.25) is 5.02 Å². The van der Waals surface area contributed by atoms with Gasteiger partial charge in [0.15, 0.2) is 0 Å². The lowest BCUT2D eigenvalue weighted by Gasteiger charge is -2.12. The highest BCUT2D eigenvalue weighted by atomic mass is 35.5. The van der Waals surface area contributed by atoms with Gasteiger partial charge in [-0.2, -0.15) is 5.10 Å². The van der Waals surface area contributed by atoms with Crippen molar-refractivity contribution in [3.63, 3.8) is 0 Å². The summed E-state index contributed by atoms with van der Waals surface area (Å²) in [6.07, 6.45) is 2.06. The Kier molecular flexibility index (Phi) is 4.98. The zero-order valence-corrected chi connectivity index (χ0v) is 12.8. The number of nitrogens with one attached hydrogen (secondary N) is 1. The molecule has 0 aliphatic carbocycles. The van der Waals surface area contributed by atoms with Crippen LogP contribution < -0.4 is 5.32 Å². The van der Waals surface area contributed by atoms with Crippen LogP contribution in [0, 0.1) is 6.92 Å². The van der Waals surface area contributed by atoms with Gasteiger partial charge in [0.25, 0.3) is 5.91 Å². The van der Waals surface area contributed by atoms with Gasteiger partial charge in [-0.05, 0) is 38.5 Å². The summed E-state index contributed by atoms with van der Waals surface area (Å²) < 4.78 is 1.68. The van der Waals surface area contributed by atoms with Crippen molar-refractivity contribution in [3.05, 3.63) is 46.7 Å². The molecule has 0 aliphatic heterocycles. The number of aliphatic hydroxyl groups excluding tert-OH is 1. The summed E-state index contributed by atoms with van der Waals surface area (Å²) in [6.45, 7) is 3.73. The van der Waals surface area contributed by atoms with E-state index >= 15 is 0 Å². The molecule has 0 saturated carbocycles. The van der Waals surface area contributed by atoms with Gasteiger partial charge < -0.3 is 10.4 Å². The maximum atomic E-state index is 12.2. The first-order valence-electron chi connectivity index (χ1n) is 6.75. The third-order valence-corrected chi connectivity index (χ3v) is 3.48. The Morgan fingerprint density at radius 1 is 1.52 bits per heavy atom. The minimum Gasteiger partial charge on any atom is -0.396 e. The summed E-state index contributed by atoms with van der Waals surface area (Å²) in [5.74, 6) is -0.193. The van der Waals surface area contributed by atoms with E-state index in [-0.39, 0.29) is 18.6 Å². The number of carbonyl (C=O) groups is 1. The molecule has 1 unspecified atom stereocenters. The lowest BCUT2D eigenvalue weighted by Crippen LogP contribution is -2.33. The second-order valence-corrected chi connectivity index (χ2v) is 5.36. The summed E-state index contributed by atoms with van der Waals surface area (Å²) in [7, 11) is 0. The van der Waals surface area contributed by atoms with Gasteiger partial charge in [-0.15, -0.1) is 0 Å². The van der Waals surface area contributed by atoms with Crippen LogP contribution in [0.5, 0.6) is 0 Å². The highest BCUT2D eigenvalue weighted by Gasteiger charge is 2.16. The van der Waals surface area contributed by atoms with Crippen LogP contribution in [-0.4, -0.2) is 33.4 Å². The molecule has 0 radical (unpaired) electrons. The molecule has 1 aromatic carbocycles. The van der Waals surface area contributed by atoms with E-state index in [2.05, 4.69) is 10.4 Å². The first kappa shape index (κ1) is 15.5. The largest absolute Gasteiger partial charge is 0.396 e. The molecule has 0 aliphatic rings. The van der Waals surface area contributed by atoms with Gasteiger partial charge >= 0.3 is 0 Å². The monoisotopic (exact) mass is 307 g/mol. The molecule has 2 rings (SSSR count). The van der Waals surface area contributed by atoms with Crippen LogP contribution in [0.1, 0.15) is 29.4 Å². The van der Waals surface area contributed by atoms with E-state index in [1.54, 1.807) is 16.8 Å². The molecule has 0 spiro atoms. The van der Waals surface area contributed by atoms with Crippen molar-refractivity contribution in [2.24, 2.45) is 0 Å². The van der Waals surface area contributed by atoms with Crippen LogP contribution in [0.25, 0.3) is 5.69 Å². The Morgan fingerprint density at radius 2 is 2.29 bits per heavy atom. The molecule has 1 heterocycles. The number of benzene rings is 1. The number of rotatable bonds is 5. The molecule has 5 nitrogen and oxygen atoms in total. The van der Waals surface area contributed by atoms with E-state index in [0.29, 0.717) is 17.0 Å². The van der Waals surface area contributed by atoms with E-state index in [9.17, 15) is 4.79 Å². The second kappa shape index (κ2) is 6.74. The smallest absolute Gasteiger partial charge is 0.254 e. The fraction of sp³-hybridized carbons (Fsp3) is 0.333. The molecular weight excluding hydrogens is 290 g/mol. The van der Waals surface area contributed by atoms with E-state index in [1.165, 1.54) is 6.20 Å². The number of aliphatic hydroxyl groups is 1. The number of nitrogens with zero attached hydrogens (tertiary/aromatic N) is 2. The average Bonchev–Trinajstić information content (AvgIpc) is 2.81. The molecule has 0 saturated heterocycles. The Labute approximate surface area is 128 Å². The molecule has 1 amide bonds. The van der Waals surface area contributed by atoms with Gasteiger partial charge in [0.05, 0.1) is 23.1 Å². The summed E-state index contributed by atoms with van der Waals surface area (Å²) in [5, 5.41) is 16.6. The molecule has 21 heavy (non-hydrogen) atoms. The number of hydrogen-bond acceptors (Lipinski definition) is 3. The van der Waals surface area contributed by atoms with Gasteiger partial charge in [-0.3, -0.25) is 4.79 Å². The first-order valence-corrected chi connectivity index (χ1v) is 7.13. The summed E-state index contributed by atoms with van der Waals surface area (Å²) in [6, 6.07) is 7.20. The maximum absolute atomic E-state index is 12.2. The minimum absolute atomic E-state index is 0.0439. The van der Waals surface area contributed by atoms with Crippen LogP contribution in [-0.2, 0) is 0 Å². The molecule has 2 aromatic rings. The topological polar surface area (TPSA) is 67.2 Å². The predicted molar refractivity (Wildman–Crippen MR) is 81.9 cm³/mol. The van der Waals surface area contributed by atoms with Crippen LogP contribution in [0.3, 0.4) is 0 Å². The highest BCUT2D eigenvalue weighted by Crippen LogP contribution is 2.18. The summed E-state index contributed by atoms with van der Waals surface area (Å²) in [5.41, 5.74) is 2.06. The SMILES string of the molecule is Cc1c(C(=O)NC(C)CCO)cnn1-c1cccc(Cl)c1. The van der Waals surface area contributed by atoms with Gasteiger partial charge in [0.2, 0.25) is 0 Å². The van der Waals surface area contributed by atoms with Gasteiger partial charge in [-0.1, -0.05) is 17.7 Å². The maximum Gasteiger partial charge on any atom is 0.254 e. The van der Waals surface area contributed by atoms with Gasteiger partial charge in [0.1, 0.15) is 0 Å². The predicted octanol–water partition coefficient (Wildman–Crippen LogP) is 2.33. The van der Waals surface area contributed by atoms with Crippen LogP contribution >= 0.6 is 11.6 Å². The molecule has 112 valence electrons. The molecule has 1 atom stereocenters. The Morgan fingerprint density at radius 3 is 2.95 bits per heavy atom. The highest BCUT2D eigenvalue weighted by molar-refractivity contribution is 6.30. The number of halogens is 1. The van der Waals surface area contributed by atoms with Crippen molar-refractivity contribution in [3.8, 4) is 5.69 Å². The van der Waals surface area contributed by atoms with E-state index < -0.39 is 0 Å². The Hall–Kier alpha value is -1.85. The Bertz CT molecular complexity index is 640. The average molecular weight is 308 g/mol. The van der Waals surface area contributed by atoms with Crippen molar-refractivity contribution < 1.29 is 9.90 Å². The number of aromatic nitrogens is 2. The van der Waals surface area contributed by atoms with Crippen molar-refractivity contribution in [1.29, 1.82) is 0 Å². The van der Waals surface area contributed by atoms with Crippen LogP contribution in [0.15, 0.2) is 30.5 Å². The number of amides is 1. The van der Waals surface area contributed by atoms with E-state index in [0.717, 1.165) is 11.4 Å². The normalized spacial score (nSPS) is 12.2. The standard InChI is InChI=1S/C15H18ClN3O2/c1-10(6-7-20)18-15(21)14-9-17-19(11(14)2)13-5-3-4-12(16)8-13/h3-5,8-10,20H,6-7H2,1-2H3,(H,18,21). The van der Waals surface area contributed by atoms with Crippen molar-refractivity contribution in [1.82, 2.24) is 15.1 Å². The minimum atomic E-state index is -0.193. The quantitative estimate of drug-likeness (QED) is 0.891. The van der Waals surface area contributed by atoms with Crippen LogP contribution in [0.4, 0.5) is 0 Å². The molecule has 0 bridgehead atoms. The summed E-state index contributed by atoms with van der Waals surface area (Å²) >= 11 is 5.98. The number of hydrogen-bond donors (Lipinski definition) is 2. The lowest BCUT2D eigenvalue weighted by atomic mass is 10.2. The molecule has 1 aromatic heterocycles. The Balaban J connectivity index is 2.22. The van der Waals surface area contributed by atoms with Crippen molar-refractivity contribution >= 4 is 17.5 Å². The first-order chi connectivity index (χ1) is 10.0. The van der Waals surface area contributed by atoms with Gasteiger partial charge in [-0.25, -0.2) is 4.68 Å². The third kappa shape index (κ3) is 3.62. The number of carbonyl (C=O) groups excluding carboxylic acids is 1. The third-order valence-electron chi connectivity index (χ3n) is 3.25. The zero-order valence-electron chi connectivity index (χ0n) is 12.0.